The molecule has 1 aromatic heterocycles. The highest BCUT2D eigenvalue weighted by atomic mass is 16.5. The third-order valence-corrected chi connectivity index (χ3v) is 2.97. The quantitative estimate of drug-likeness (QED) is 0.681. The Bertz CT molecular complexity index is 302. The maximum Gasteiger partial charge on any atom is 0.0881 e. The van der Waals surface area contributed by atoms with E-state index >= 15 is 0 Å². The van der Waals surface area contributed by atoms with Crippen molar-refractivity contribution in [2.24, 2.45) is 11.3 Å². The Morgan fingerprint density at radius 3 is 2.36 bits per heavy atom. The molecule has 0 spiro atoms. The van der Waals surface area contributed by atoms with Gasteiger partial charge in [0, 0.05) is 18.3 Å². The van der Waals surface area contributed by atoms with Crippen molar-refractivity contribution in [1.82, 2.24) is 4.98 Å². The molecular formula is C12H17NO. The lowest BCUT2D eigenvalue weighted by Gasteiger charge is -2.45. The molecule has 2 atom stereocenters. The average molecular weight is 191 g/mol. The van der Waals surface area contributed by atoms with Crippen molar-refractivity contribution >= 4 is 0 Å². The van der Waals surface area contributed by atoms with Crippen molar-refractivity contribution in [3.05, 3.63) is 30.1 Å². The molecule has 1 aromatic rings. The second-order valence-corrected chi connectivity index (χ2v) is 5.01. The predicted octanol–water partition coefficient (Wildman–Crippen LogP) is 2.82. The van der Waals surface area contributed by atoms with Crippen LogP contribution in [0.4, 0.5) is 0 Å². The molecular weight excluding hydrogens is 174 g/mol. The predicted molar refractivity (Wildman–Crippen MR) is 55.9 cm³/mol. The molecule has 1 aliphatic heterocycles. The van der Waals surface area contributed by atoms with Crippen molar-refractivity contribution in [2.45, 2.75) is 26.9 Å². The van der Waals surface area contributed by atoms with Gasteiger partial charge >= 0.3 is 0 Å². The van der Waals surface area contributed by atoms with Crippen molar-refractivity contribution in [2.75, 3.05) is 6.61 Å². The van der Waals surface area contributed by atoms with Crippen LogP contribution in [0.1, 0.15) is 32.4 Å². The summed E-state index contributed by atoms with van der Waals surface area (Å²) in [4.78, 5) is 4.02. The van der Waals surface area contributed by atoms with E-state index in [0.717, 1.165) is 6.61 Å². The fourth-order valence-corrected chi connectivity index (χ4v) is 1.87. The van der Waals surface area contributed by atoms with Gasteiger partial charge in [-0.25, -0.2) is 0 Å². The van der Waals surface area contributed by atoms with Crippen molar-refractivity contribution in [3.63, 3.8) is 0 Å². The summed E-state index contributed by atoms with van der Waals surface area (Å²) in [5.74, 6) is 0.630. The monoisotopic (exact) mass is 191 g/mol. The van der Waals surface area contributed by atoms with Crippen LogP contribution in [0.3, 0.4) is 0 Å². The summed E-state index contributed by atoms with van der Waals surface area (Å²) in [6.07, 6.45) is 3.94. The van der Waals surface area contributed by atoms with E-state index in [1.165, 1.54) is 5.56 Å². The van der Waals surface area contributed by atoms with Crippen LogP contribution in [-0.2, 0) is 4.74 Å². The van der Waals surface area contributed by atoms with E-state index in [2.05, 4.69) is 25.8 Å². The Labute approximate surface area is 85.3 Å². The Kier molecular flexibility index (Phi) is 2.31. The largest absolute Gasteiger partial charge is 0.373 e. The zero-order chi connectivity index (χ0) is 10.2. The first kappa shape index (κ1) is 9.66. The summed E-state index contributed by atoms with van der Waals surface area (Å²) in [5.41, 5.74) is 1.58. The molecule has 0 saturated carbocycles. The highest BCUT2D eigenvalue weighted by molar-refractivity contribution is 5.17. The van der Waals surface area contributed by atoms with Crippen LogP contribution >= 0.6 is 0 Å². The van der Waals surface area contributed by atoms with E-state index in [9.17, 15) is 0 Å². The Balaban J connectivity index is 2.15. The minimum absolute atomic E-state index is 0.276. The van der Waals surface area contributed by atoms with Crippen molar-refractivity contribution in [1.29, 1.82) is 0 Å². The molecule has 1 saturated heterocycles. The SMILES string of the molecule is CC(C)(C)C1COC1c1ccncc1. The Hall–Kier alpha value is -0.890. The van der Waals surface area contributed by atoms with E-state index in [1.807, 2.05) is 24.5 Å². The molecule has 14 heavy (non-hydrogen) atoms. The highest BCUT2D eigenvalue weighted by Gasteiger charge is 2.41. The van der Waals surface area contributed by atoms with Crippen LogP contribution in [0, 0.1) is 11.3 Å². The highest BCUT2D eigenvalue weighted by Crippen LogP contribution is 2.45. The maximum absolute atomic E-state index is 5.63. The lowest BCUT2D eigenvalue weighted by Crippen LogP contribution is -2.41. The molecule has 2 heterocycles. The molecule has 2 nitrogen and oxygen atoms in total. The average Bonchev–Trinajstić information content (AvgIpc) is 2.00. The third kappa shape index (κ3) is 1.67. The number of hydrogen-bond donors (Lipinski definition) is 0. The topological polar surface area (TPSA) is 22.1 Å². The lowest BCUT2D eigenvalue weighted by atomic mass is 9.73. The van der Waals surface area contributed by atoms with Crippen LogP contribution < -0.4 is 0 Å². The lowest BCUT2D eigenvalue weighted by molar-refractivity contribution is -0.159. The molecule has 1 fully saturated rings. The molecule has 0 radical (unpaired) electrons. The number of hydrogen-bond acceptors (Lipinski definition) is 2. The molecule has 0 N–H and O–H groups in total. The van der Waals surface area contributed by atoms with Gasteiger partial charge in [-0.1, -0.05) is 20.8 Å². The molecule has 2 unspecified atom stereocenters. The number of rotatable bonds is 1. The first-order chi connectivity index (χ1) is 6.59. The number of pyridine rings is 1. The van der Waals surface area contributed by atoms with Gasteiger partial charge in [-0.05, 0) is 23.1 Å². The number of ether oxygens (including phenoxy) is 1. The summed E-state index contributed by atoms with van der Waals surface area (Å²) in [5, 5.41) is 0. The zero-order valence-electron chi connectivity index (χ0n) is 9.03. The molecule has 2 heteroatoms. The van der Waals surface area contributed by atoms with Crippen LogP contribution in [0.15, 0.2) is 24.5 Å². The van der Waals surface area contributed by atoms with Gasteiger partial charge in [-0.15, -0.1) is 0 Å². The van der Waals surface area contributed by atoms with Crippen LogP contribution in [0.5, 0.6) is 0 Å². The van der Waals surface area contributed by atoms with Gasteiger partial charge in [-0.2, -0.15) is 0 Å². The smallest absolute Gasteiger partial charge is 0.0881 e. The van der Waals surface area contributed by atoms with E-state index in [4.69, 9.17) is 4.74 Å². The van der Waals surface area contributed by atoms with E-state index < -0.39 is 0 Å². The minimum atomic E-state index is 0.276. The first-order valence-corrected chi connectivity index (χ1v) is 5.10. The minimum Gasteiger partial charge on any atom is -0.373 e. The van der Waals surface area contributed by atoms with Gasteiger partial charge < -0.3 is 4.74 Å². The standard InChI is InChI=1S/C12H17NO/c1-12(2,3)10-8-14-11(10)9-4-6-13-7-5-9/h4-7,10-11H,8H2,1-3H3. The Morgan fingerprint density at radius 2 is 1.93 bits per heavy atom. The molecule has 1 aliphatic rings. The van der Waals surface area contributed by atoms with Gasteiger partial charge in [0.25, 0.3) is 0 Å². The van der Waals surface area contributed by atoms with Gasteiger partial charge in [0.05, 0.1) is 12.7 Å². The summed E-state index contributed by atoms with van der Waals surface area (Å²) in [7, 11) is 0. The third-order valence-electron chi connectivity index (χ3n) is 2.97. The van der Waals surface area contributed by atoms with Gasteiger partial charge in [0.2, 0.25) is 0 Å². The van der Waals surface area contributed by atoms with E-state index in [1.54, 1.807) is 0 Å². The zero-order valence-corrected chi connectivity index (χ0v) is 9.03. The fourth-order valence-electron chi connectivity index (χ4n) is 1.87. The van der Waals surface area contributed by atoms with Crippen LogP contribution in [-0.4, -0.2) is 11.6 Å². The van der Waals surface area contributed by atoms with Gasteiger partial charge in [0.1, 0.15) is 0 Å². The number of aromatic nitrogens is 1. The normalized spacial score (nSPS) is 27.1. The molecule has 0 aliphatic carbocycles. The van der Waals surface area contributed by atoms with Gasteiger partial charge in [-0.3, -0.25) is 4.98 Å². The first-order valence-electron chi connectivity index (χ1n) is 5.10. The maximum atomic E-state index is 5.63. The number of nitrogens with zero attached hydrogens (tertiary/aromatic N) is 1. The summed E-state index contributed by atoms with van der Waals surface area (Å²) >= 11 is 0. The molecule has 76 valence electrons. The van der Waals surface area contributed by atoms with Crippen LogP contribution in [0.25, 0.3) is 0 Å². The second kappa shape index (κ2) is 3.35. The van der Waals surface area contributed by atoms with E-state index in [0.29, 0.717) is 11.3 Å². The molecule has 0 amide bonds. The summed E-state index contributed by atoms with van der Waals surface area (Å²) < 4.78 is 5.63. The van der Waals surface area contributed by atoms with Gasteiger partial charge in [0.15, 0.2) is 0 Å². The summed E-state index contributed by atoms with van der Waals surface area (Å²) in [6, 6.07) is 4.09. The molecule has 0 aromatic carbocycles. The van der Waals surface area contributed by atoms with E-state index in [-0.39, 0.29) is 6.10 Å². The summed E-state index contributed by atoms with van der Waals surface area (Å²) in [6.45, 7) is 7.70. The molecule has 2 rings (SSSR count). The molecule has 0 bridgehead atoms. The Morgan fingerprint density at radius 1 is 1.29 bits per heavy atom. The van der Waals surface area contributed by atoms with Crippen molar-refractivity contribution < 1.29 is 4.74 Å². The van der Waals surface area contributed by atoms with Crippen molar-refractivity contribution in [3.8, 4) is 0 Å². The fraction of sp³-hybridized carbons (Fsp3) is 0.583. The van der Waals surface area contributed by atoms with Crippen LogP contribution in [0.2, 0.25) is 0 Å². The second-order valence-electron chi connectivity index (χ2n) is 5.01.